The minimum atomic E-state index is -4.36. The van der Waals surface area contributed by atoms with E-state index in [1.165, 1.54) is 7.11 Å². The molecule has 1 aromatic carbocycles. The van der Waals surface area contributed by atoms with E-state index < -0.39 is 44.0 Å². The van der Waals surface area contributed by atoms with Crippen LogP contribution in [0.3, 0.4) is 0 Å². The number of hydrogen-bond acceptors (Lipinski definition) is 6. The molecule has 0 amide bonds. The van der Waals surface area contributed by atoms with Crippen molar-refractivity contribution in [2.75, 3.05) is 20.3 Å². The Hall–Kier alpha value is -1.62. The van der Waals surface area contributed by atoms with Gasteiger partial charge in [-0.1, -0.05) is 6.07 Å². The molecule has 0 saturated carbocycles. The fourth-order valence-electron chi connectivity index (χ4n) is 1.50. The van der Waals surface area contributed by atoms with Crippen LogP contribution in [0.1, 0.15) is 0 Å². The first-order valence-corrected chi connectivity index (χ1v) is 6.86. The summed E-state index contributed by atoms with van der Waals surface area (Å²) < 4.78 is 44.1. The number of methoxy groups -OCH3 is 1. The summed E-state index contributed by atoms with van der Waals surface area (Å²) in [6, 6.07) is 1.75. The van der Waals surface area contributed by atoms with Gasteiger partial charge in [-0.2, -0.15) is 4.39 Å². The highest BCUT2D eigenvalue weighted by Gasteiger charge is 2.30. The maximum atomic E-state index is 13.4. The molecular weight excluding hydrogens is 295 g/mol. The van der Waals surface area contributed by atoms with Gasteiger partial charge in [-0.15, -0.1) is 0 Å². The number of nitrogens with one attached hydrogen (secondary N) is 1. The third-order valence-electron chi connectivity index (χ3n) is 2.33. The monoisotopic (exact) mass is 308 g/mol. The molecule has 112 valence electrons. The van der Waals surface area contributed by atoms with Gasteiger partial charge in [0, 0.05) is 7.11 Å². The van der Waals surface area contributed by atoms with Crippen LogP contribution in [0.15, 0.2) is 23.1 Å². The minimum absolute atomic E-state index is 0.140. The molecule has 1 atom stereocenters. The highest BCUT2D eigenvalue weighted by molar-refractivity contribution is 7.89. The number of nitro groups is 1. The van der Waals surface area contributed by atoms with Gasteiger partial charge < -0.3 is 9.84 Å². The summed E-state index contributed by atoms with van der Waals surface area (Å²) in [5.41, 5.74) is -1.14. The molecule has 1 rings (SSSR count). The summed E-state index contributed by atoms with van der Waals surface area (Å²) in [7, 11) is -3.07. The number of sulfonamides is 1. The van der Waals surface area contributed by atoms with Crippen molar-refractivity contribution >= 4 is 15.7 Å². The van der Waals surface area contributed by atoms with Crippen LogP contribution < -0.4 is 4.72 Å². The number of nitrogens with zero attached hydrogens (tertiary/aromatic N) is 1. The molecule has 1 aromatic rings. The second-order valence-corrected chi connectivity index (χ2v) is 5.48. The zero-order valence-corrected chi connectivity index (χ0v) is 11.3. The summed E-state index contributed by atoms with van der Waals surface area (Å²) >= 11 is 0. The number of para-hydroxylation sites is 1. The van der Waals surface area contributed by atoms with Gasteiger partial charge in [0.05, 0.1) is 24.2 Å². The van der Waals surface area contributed by atoms with Crippen LogP contribution in [0.4, 0.5) is 10.1 Å². The van der Waals surface area contributed by atoms with E-state index in [1.54, 1.807) is 0 Å². The first-order chi connectivity index (χ1) is 9.33. The highest BCUT2D eigenvalue weighted by atomic mass is 32.2. The number of benzene rings is 1. The molecule has 20 heavy (non-hydrogen) atoms. The van der Waals surface area contributed by atoms with Gasteiger partial charge >= 0.3 is 5.69 Å². The molecule has 0 spiro atoms. The number of rotatable bonds is 7. The Morgan fingerprint density at radius 2 is 2.20 bits per heavy atom. The quantitative estimate of drug-likeness (QED) is 0.541. The maximum Gasteiger partial charge on any atom is 0.324 e. The minimum Gasteiger partial charge on any atom is -0.395 e. The van der Waals surface area contributed by atoms with Gasteiger partial charge in [0.2, 0.25) is 15.8 Å². The molecule has 0 radical (unpaired) electrons. The van der Waals surface area contributed by atoms with Crippen LogP contribution in [-0.4, -0.2) is 44.8 Å². The van der Waals surface area contributed by atoms with Crippen LogP contribution in [0.25, 0.3) is 0 Å². The van der Waals surface area contributed by atoms with Crippen LogP contribution in [0.5, 0.6) is 0 Å². The Balaban J connectivity index is 3.22. The first-order valence-electron chi connectivity index (χ1n) is 5.38. The van der Waals surface area contributed by atoms with Gasteiger partial charge in [0.15, 0.2) is 4.90 Å². The average Bonchev–Trinajstić information content (AvgIpc) is 2.37. The Morgan fingerprint density at radius 3 is 2.70 bits per heavy atom. The Labute approximate surface area is 114 Å². The lowest BCUT2D eigenvalue weighted by Gasteiger charge is -2.15. The van der Waals surface area contributed by atoms with E-state index in [2.05, 4.69) is 4.74 Å². The molecule has 1 unspecified atom stereocenters. The van der Waals surface area contributed by atoms with Crippen molar-refractivity contribution in [1.29, 1.82) is 0 Å². The molecule has 0 aliphatic carbocycles. The molecule has 0 aliphatic heterocycles. The Kier molecular flexibility index (Phi) is 5.51. The van der Waals surface area contributed by atoms with E-state index in [0.717, 1.165) is 18.2 Å². The lowest BCUT2D eigenvalue weighted by molar-refractivity contribution is -0.390. The Morgan fingerprint density at radius 1 is 1.55 bits per heavy atom. The maximum absolute atomic E-state index is 13.4. The average molecular weight is 308 g/mol. The smallest absolute Gasteiger partial charge is 0.324 e. The van der Waals surface area contributed by atoms with Crippen molar-refractivity contribution in [2.45, 2.75) is 10.9 Å². The zero-order chi connectivity index (χ0) is 15.3. The normalized spacial score (nSPS) is 13.2. The molecular formula is C10H13FN2O6S. The molecule has 0 fully saturated rings. The molecule has 0 heterocycles. The largest absolute Gasteiger partial charge is 0.395 e. The molecule has 0 saturated heterocycles. The van der Waals surface area contributed by atoms with E-state index in [-0.39, 0.29) is 6.61 Å². The van der Waals surface area contributed by atoms with Gasteiger partial charge in [-0.25, -0.2) is 13.1 Å². The summed E-state index contributed by atoms with van der Waals surface area (Å²) in [6.45, 7) is -0.713. The van der Waals surface area contributed by atoms with Crippen molar-refractivity contribution in [2.24, 2.45) is 0 Å². The number of nitro benzene ring substituents is 1. The van der Waals surface area contributed by atoms with Gasteiger partial charge in [-0.3, -0.25) is 10.1 Å². The van der Waals surface area contributed by atoms with Crippen molar-refractivity contribution in [3.8, 4) is 0 Å². The molecule has 0 aliphatic rings. The standard InChI is InChI=1S/C10H13FN2O6S/c1-19-6-7(5-14)12-20(17,18)9-4-2-3-8(11)10(9)13(15)16/h2-4,7,12,14H,5-6H2,1H3. The topological polar surface area (TPSA) is 119 Å². The second kappa shape index (κ2) is 6.70. The summed E-state index contributed by atoms with van der Waals surface area (Å²) in [5, 5.41) is 19.8. The predicted octanol–water partition coefficient (Wildman–Crippen LogP) is 0.0195. The molecule has 10 heteroatoms. The third-order valence-corrected chi connectivity index (χ3v) is 3.88. The third kappa shape index (κ3) is 3.70. The van der Waals surface area contributed by atoms with E-state index in [1.807, 2.05) is 4.72 Å². The van der Waals surface area contributed by atoms with E-state index >= 15 is 0 Å². The van der Waals surface area contributed by atoms with Gasteiger partial charge in [0.25, 0.3) is 0 Å². The number of ether oxygens (including phenoxy) is 1. The van der Waals surface area contributed by atoms with Crippen molar-refractivity contribution in [1.82, 2.24) is 4.72 Å². The zero-order valence-electron chi connectivity index (χ0n) is 10.4. The fraction of sp³-hybridized carbons (Fsp3) is 0.400. The number of aliphatic hydroxyl groups is 1. The molecule has 0 bridgehead atoms. The lowest BCUT2D eigenvalue weighted by atomic mass is 10.3. The highest BCUT2D eigenvalue weighted by Crippen LogP contribution is 2.26. The summed E-state index contributed by atoms with van der Waals surface area (Å²) in [6.07, 6.45) is 0. The molecule has 2 N–H and O–H groups in total. The number of aliphatic hydroxyl groups excluding tert-OH is 1. The van der Waals surface area contributed by atoms with Crippen molar-refractivity contribution in [3.05, 3.63) is 34.1 Å². The van der Waals surface area contributed by atoms with Crippen LogP contribution in [0.2, 0.25) is 0 Å². The fourth-order valence-corrected chi connectivity index (χ4v) is 2.89. The van der Waals surface area contributed by atoms with Crippen LogP contribution in [0, 0.1) is 15.9 Å². The predicted molar refractivity (Wildman–Crippen MR) is 66.1 cm³/mol. The lowest BCUT2D eigenvalue weighted by Crippen LogP contribution is -2.40. The molecule has 8 nitrogen and oxygen atoms in total. The second-order valence-electron chi connectivity index (χ2n) is 3.80. The molecule has 0 aromatic heterocycles. The SMILES string of the molecule is COCC(CO)NS(=O)(=O)c1cccc(F)c1[N+](=O)[O-]. The van der Waals surface area contributed by atoms with E-state index in [0.29, 0.717) is 0 Å². The number of halogens is 1. The van der Waals surface area contributed by atoms with E-state index in [9.17, 15) is 22.9 Å². The summed E-state index contributed by atoms with van der Waals surface area (Å²) in [4.78, 5) is 8.84. The van der Waals surface area contributed by atoms with Gasteiger partial charge in [-0.05, 0) is 12.1 Å². The van der Waals surface area contributed by atoms with E-state index in [4.69, 9.17) is 5.11 Å². The van der Waals surface area contributed by atoms with Crippen LogP contribution in [-0.2, 0) is 14.8 Å². The first kappa shape index (κ1) is 16.4. The van der Waals surface area contributed by atoms with Gasteiger partial charge in [0.1, 0.15) is 0 Å². The van der Waals surface area contributed by atoms with Crippen LogP contribution >= 0.6 is 0 Å². The number of hydrogen-bond donors (Lipinski definition) is 2. The Bertz CT molecular complexity index is 591. The summed E-state index contributed by atoms with van der Waals surface area (Å²) in [5.74, 6) is -1.26. The van der Waals surface area contributed by atoms with Crippen molar-refractivity contribution in [3.63, 3.8) is 0 Å². The van der Waals surface area contributed by atoms with Crippen molar-refractivity contribution < 1.29 is 27.6 Å².